The Kier molecular flexibility index (Phi) is 5.04. The van der Waals surface area contributed by atoms with Gasteiger partial charge in [-0.25, -0.2) is 9.18 Å². The second-order valence-electron chi connectivity index (χ2n) is 7.38. The van der Waals surface area contributed by atoms with E-state index in [0.717, 1.165) is 10.9 Å². The van der Waals surface area contributed by atoms with E-state index in [1.807, 2.05) is 45.0 Å². The molecule has 1 aromatic carbocycles. The normalized spacial score (nSPS) is 22.0. The van der Waals surface area contributed by atoms with E-state index in [0.29, 0.717) is 24.1 Å². The summed E-state index contributed by atoms with van der Waals surface area (Å²) in [5.41, 5.74) is 0.341. The van der Waals surface area contributed by atoms with Gasteiger partial charge in [0, 0.05) is 18.5 Å². The number of carbonyl (C=O) groups is 1. The largest absolute Gasteiger partial charge is 0.444 e. The molecule has 1 amide bonds. The van der Waals surface area contributed by atoms with Crippen molar-refractivity contribution >= 4 is 32.9 Å². The molecule has 1 aromatic heterocycles. The molecular formula is C18H23BrFN3O2. The molecule has 25 heavy (non-hydrogen) atoms. The highest BCUT2D eigenvalue weighted by atomic mass is 79.9. The van der Waals surface area contributed by atoms with Gasteiger partial charge in [0.25, 0.3) is 0 Å². The predicted molar refractivity (Wildman–Crippen MR) is 98.4 cm³/mol. The van der Waals surface area contributed by atoms with Crippen molar-refractivity contribution < 1.29 is 13.9 Å². The average Bonchev–Trinajstić information content (AvgIpc) is 2.73. The molecule has 2 heterocycles. The number of alkyl halides is 1. The van der Waals surface area contributed by atoms with Gasteiger partial charge in [0.05, 0.1) is 11.6 Å². The van der Waals surface area contributed by atoms with Crippen molar-refractivity contribution in [1.29, 1.82) is 0 Å². The molecule has 3 rings (SSSR count). The van der Waals surface area contributed by atoms with Crippen LogP contribution in [-0.4, -0.2) is 45.6 Å². The average molecular weight is 412 g/mol. The van der Waals surface area contributed by atoms with Crippen LogP contribution in [0.4, 0.5) is 9.18 Å². The molecule has 0 spiro atoms. The summed E-state index contributed by atoms with van der Waals surface area (Å²) in [6.07, 6.45) is -0.677. The smallest absolute Gasteiger partial charge is 0.410 e. The van der Waals surface area contributed by atoms with Crippen LogP contribution in [-0.2, 0) is 4.74 Å². The van der Waals surface area contributed by atoms with Gasteiger partial charge in [0.15, 0.2) is 0 Å². The minimum absolute atomic E-state index is 0.274. The number of carbonyl (C=O) groups excluding carboxylic acids is 1. The van der Waals surface area contributed by atoms with Gasteiger partial charge in [-0.2, -0.15) is 5.10 Å². The van der Waals surface area contributed by atoms with Crippen LogP contribution in [0.25, 0.3) is 10.9 Å². The summed E-state index contributed by atoms with van der Waals surface area (Å²) in [5.74, 6) is 0. The summed E-state index contributed by atoms with van der Waals surface area (Å²) >= 11 is 3.45. The van der Waals surface area contributed by atoms with Gasteiger partial charge in [-0.3, -0.25) is 4.68 Å². The third-order valence-corrected chi connectivity index (χ3v) is 4.91. The van der Waals surface area contributed by atoms with Crippen molar-refractivity contribution in [1.82, 2.24) is 14.7 Å². The fourth-order valence-corrected chi connectivity index (χ4v) is 3.65. The number of nitrogens with zero attached hydrogens (tertiary/aromatic N) is 3. The van der Waals surface area contributed by atoms with Crippen LogP contribution in [0.1, 0.15) is 39.7 Å². The second-order valence-corrected chi connectivity index (χ2v) is 8.13. The molecule has 0 bridgehead atoms. The van der Waals surface area contributed by atoms with Gasteiger partial charge in [-0.1, -0.05) is 18.2 Å². The van der Waals surface area contributed by atoms with E-state index in [9.17, 15) is 9.18 Å². The molecular weight excluding hydrogens is 389 g/mol. The molecule has 1 aliphatic rings. The summed E-state index contributed by atoms with van der Waals surface area (Å²) in [6, 6.07) is 7.35. The predicted octanol–water partition coefficient (Wildman–Crippen LogP) is 4.71. The molecule has 0 N–H and O–H groups in total. The van der Waals surface area contributed by atoms with Crippen LogP contribution in [0, 0.1) is 0 Å². The fraction of sp³-hybridized carbons (Fsp3) is 0.556. The number of para-hydroxylation sites is 1. The Morgan fingerprint density at radius 3 is 2.68 bits per heavy atom. The lowest BCUT2D eigenvalue weighted by Gasteiger charge is -2.26. The number of benzene rings is 1. The topological polar surface area (TPSA) is 47.4 Å². The van der Waals surface area contributed by atoms with E-state index in [1.165, 1.54) is 0 Å². The summed E-state index contributed by atoms with van der Waals surface area (Å²) in [4.78, 5) is 13.9. The molecule has 2 atom stereocenters. The van der Waals surface area contributed by atoms with Crippen LogP contribution < -0.4 is 0 Å². The maximum absolute atomic E-state index is 14.9. The zero-order chi connectivity index (χ0) is 18.2. The number of halogens is 2. The van der Waals surface area contributed by atoms with Crippen LogP contribution in [0.2, 0.25) is 0 Å². The van der Waals surface area contributed by atoms with Gasteiger partial charge in [0.2, 0.25) is 0 Å². The Balaban J connectivity index is 1.81. The molecule has 136 valence electrons. The SMILES string of the molecule is CC(C)(C)OC(=O)N1CC[C@@H](n2nc(Br)c3ccccc32)[C@@H](F)CC1. The Bertz CT molecular complexity index is 771. The van der Waals surface area contributed by atoms with Gasteiger partial charge in [0.1, 0.15) is 16.4 Å². The highest BCUT2D eigenvalue weighted by Crippen LogP contribution is 2.32. The quantitative estimate of drug-likeness (QED) is 0.682. The van der Waals surface area contributed by atoms with Gasteiger partial charge in [-0.15, -0.1) is 0 Å². The summed E-state index contributed by atoms with van der Waals surface area (Å²) < 4.78 is 22.7. The molecule has 7 heteroatoms. The third kappa shape index (κ3) is 3.97. The highest BCUT2D eigenvalue weighted by molar-refractivity contribution is 9.10. The lowest BCUT2D eigenvalue weighted by molar-refractivity contribution is 0.0254. The van der Waals surface area contributed by atoms with Crippen LogP contribution in [0.15, 0.2) is 28.9 Å². The number of rotatable bonds is 1. The minimum Gasteiger partial charge on any atom is -0.444 e. The number of aromatic nitrogens is 2. The van der Waals surface area contributed by atoms with Gasteiger partial charge in [-0.05, 0) is 55.6 Å². The molecule has 1 saturated heterocycles. The number of amides is 1. The van der Waals surface area contributed by atoms with E-state index in [4.69, 9.17) is 4.74 Å². The molecule has 0 unspecified atom stereocenters. The molecule has 0 aliphatic carbocycles. The maximum Gasteiger partial charge on any atom is 0.410 e. The first-order valence-corrected chi connectivity index (χ1v) is 9.30. The van der Waals surface area contributed by atoms with Crippen molar-refractivity contribution in [2.45, 2.75) is 51.4 Å². The van der Waals surface area contributed by atoms with Crippen molar-refractivity contribution in [2.24, 2.45) is 0 Å². The first-order chi connectivity index (χ1) is 11.8. The fourth-order valence-electron chi connectivity index (χ4n) is 3.14. The monoisotopic (exact) mass is 411 g/mol. The Morgan fingerprint density at radius 1 is 1.28 bits per heavy atom. The van der Waals surface area contributed by atoms with Crippen molar-refractivity contribution in [3.63, 3.8) is 0 Å². The molecule has 0 saturated carbocycles. The second kappa shape index (κ2) is 6.94. The third-order valence-electron chi connectivity index (χ3n) is 4.32. The Hall–Kier alpha value is -1.63. The standard InChI is InChI=1S/C18H23BrFN3O2/c1-18(2,3)25-17(24)22-10-8-13(20)15(9-11-22)23-14-7-5-4-6-12(14)16(19)21-23/h4-7,13,15H,8-11H2,1-3H3/t13-,15+/m0/s1. The summed E-state index contributed by atoms with van der Waals surface area (Å²) in [5, 5.41) is 5.45. The maximum atomic E-state index is 14.9. The van der Waals surface area contributed by atoms with Crippen LogP contribution >= 0.6 is 15.9 Å². The minimum atomic E-state index is -1.07. The number of hydrogen-bond acceptors (Lipinski definition) is 3. The van der Waals surface area contributed by atoms with Crippen LogP contribution in [0.3, 0.4) is 0 Å². The lowest BCUT2D eigenvalue weighted by atomic mass is 10.1. The Labute approximate surface area is 155 Å². The summed E-state index contributed by atoms with van der Waals surface area (Å²) in [7, 11) is 0. The zero-order valence-corrected chi connectivity index (χ0v) is 16.3. The molecule has 2 aromatic rings. The molecule has 1 fully saturated rings. The molecule has 1 aliphatic heterocycles. The van der Waals surface area contributed by atoms with E-state index in [-0.39, 0.29) is 12.5 Å². The van der Waals surface area contributed by atoms with E-state index in [1.54, 1.807) is 9.58 Å². The number of ether oxygens (including phenoxy) is 1. The Morgan fingerprint density at radius 2 is 1.96 bits per heavy atom. The first kappa shape index (κ1) is 18.2. The summed E-state index contributed by atoms with van der Waals surface area (Å²) in [6.45, 7) is 6.30. The van der Waals surface area contributed by atoms with Crippen LogP contribution in [0.5, 0.6) is 0 Å². The van der Waals surface area contributed by atoms with E-state index in [2.05, 4.69) is 21.0 Å². The zero-order valence-electron chi connectivity index (χ0n) is 14.7. The highest BCUT2D eigenvalue weighted by Gasteiger charge is 2.32. The number of fused-ring (bicyclic) bond motifs is 1. The van der Waals surface area contributed by atoms with Crippen molar-refractivity contribution in [3.8, 4) is 0 Å². The molecule has 5 nitrogen and oxygen atoms in total. The molecule has 0 radical (unpaired) electrons. The number of likely N-dealkylation sites (tertiary alicyclic amines) is 1. The van der Waals surface area contributed by atoms with E-state index >= 15 is 0 Å². The van der Waals surface area contributed by atoms with Crippen molar-refractivity contribution in [3.05, 3.63) is 28.9 Å². The van der Waals surface area contributed by atoms with Gasteiger partial charge < -0.3 is 9.64 Å². The first-order valence-electron chi connectivity index (χ1n) is 8.51. The van der Waals surface area contributed by atoms with Gasteiger partial charge >= 0.3 is 6.09 Å². The number of hydrogen-bond donors (Lipinski definition) is 0. The van der Waals surface area contributed by atoms with Crippen molar-refractivity contribution in [2.75, 3.05) is 13.1 Å². The van der Waals surface area contributed by atoms with E-state index < -0.39 is 17.8 Å². The lowest BCUT2D eigenvalue weighted by Crippen LogP contribution is -2.37.